The first-order valence-electron chi connectivity index (χ1n) is 9.33. The van der Waals surface area contributed by atoms with Crippen molar-refractivity contribution in [2.24, 2.45) is 0 Å². The Morgan fingerprint density at radius 2 is 1.86 bits per heavy atom. The lowest BCUT2D eigenvalue weighted by Gasteiger charge is -2.07. The first-order chi connectivity index (χ1) is 13.7. The van der Waals surface area contributed by atoms with Crippen molar-refractivity contribution in [2.75, 3.05) is 19.5 Å². The van der Waals surface area contributed by atoms with Crippen molar-refractivity contribution in [3.05, 3.63) is 78.6 Å². The number of aryl methyl sites for hydroxylation is 1. The van der Waals surface area contributed by atoms with Crippen molar-refractivity contribution in [1.29, 1.82) is 0 Å². The van der Waals surface area contributed by atoms with Crippen LogP contribution in [0.2, 0.25) is 0 Å². The lowest BCUT2D eigenvalue weighted by atomic mass is 10.1. The zero-order chi connectivity index (χ0) is 19.3. The minimum atomic E-state index is 0.592. The zero-order valence-corrected chi connectivity index (χ0v) is 15.8. The molecule has 28 heavy (non-hydrogen) atoms. The number of pyridine rings is 1. The molecule has 0 spiro atoms. The quantitative estimate of drug-likeness (QED) is 0.380. The number of aromatic nitrogens is 2. The van der Waals surface area contributed by atoms with Crippen LogP contribution in [0.3, 0.4) is 0 Å². The number of ether oxygens (including phenoxy) is 2. The standard InChI is InChI=1S/C23H23N3O2/c1-27-21-12-11-18(15-19(21)24)20-16-26-13-5-10-22(23(26)25-20)28-14-6-9-17-7-3-2-4-8-17/h2-5,7-8,10-13,15-16H,6,9,14,24H2,1H3. The van der Waals surface area contributed by atoms with Crippen LogP contribution in [-0.2, 0) is 6.42 Å². The average Bonchev–Trinajstić information content (AvgIpc) is 3.17. The Balaban J connectivity index is 1.50. The molecule has 4 aromatic rings. The maximum atomic E-state index is 6.04. The van der Waals surface area contributed by atoms with E-state index in [1.54, 1.807) is 7.11 Å². The Hall–Kier alpha value is -3.47. The van der Waals surface area contributed by atoms with Gasteiger partial charge >= 0.3 is 0 Å². The summed E-state index contributed by atoms with van der Waals surface area (Å²) < 4.78 is 13.2. The SMILES string of the molecule is COc1ccc(-c2cn3cccc(OCCCc4ccccc4)c3n2)cc1N. The summed E-state index contributed by atoms with van der Waals surface area (Å²) in [6.45, 7) is 0.645. The molecular formula is C23H23N3O2. The van der Waals surface area contributed by atoms with Crippen molar-refractivity contribution in [3.8, 4) is 22.8 Å². The van der Waals surface area contributed by atoms with E-state index in [-0.39, 0.29) is 0 Å². The van der Waals surface area contributed by atoms with E-state index in [9.17, 15) is 0 Å². The number of benzene rings is 2. The summed E-state index contributed by atoms with van der Waals surface area (Å²) in [5, 5.41) is 0. The number of hydrogen-bond donors (Lipinski definition) is 1. The van der Waals surface area contributed by atoms with Gasteiger partial charge in [-0.2, -0.15) is 0 Å². The fourth-order valence-electron chi connectivity index (χ4n) is 3.24. The fraction of sp³-hybridized carbons (Fsp3) is 0.174. The number of rotatable bonds is 7. The second-order valence-electron chi connectivity index (χ2n) is 6.62. The fourth-order valence-corrected chi connectivity index (χ4v) is 3.24. The summed E-state index contributed by atoms with van der Waals surface area (Å²) in [5.74, 6) is 1.44. The summed E-state index contributed by atoms with van der Waals surface area (Å²) in [6.07, 6.45) is 5.89. The first-order valence-corrected chi connectivity index (χ1v) is 9.33. The molecule has 2 aromatic heterocycles. The molecule has 5 heteroatoms. The minimum Gasteiger partial charge on any atom is -0.495 e. The zero-order valence-electron chi connectivity index (χ0n) is 15.8. The van der Waals surface area contributed by atoms with Crippen LogP contribution in [0.5, 0.6) is 11.5 Å². The van der Waals surface area contributed by atoms with Gasteiger partial charge in [-0.3, -0.25) is 0 Å². The molecule has 0 bridgehead atoms. The van der Waals surface area contributed by atoms with E-state index in [0.717, 1.165) is 35.5 Å². The van der Waals surface area contributed by atoms with Crippen LogP contribution in [0.1, 0.15) is 12.0 Å². The molecule has 0 atom stereocenters. The maximum absolute atomic E-state index is 6.04. The van der Waals surface area contributed by atoms with Crippen LogP contribution >= 0.6 is 0 Å². The summed E-state index contributed by atoms with van der Waals surface area (Å²) in [7, 11) is 1.61. The topological polar surface area (TPSA) is 61.8 Å². The molecular weight excluding hydrogens is 350 g/mol. The third-order valence-corrected chi connectivity index (χ3v) is 4.68. The van der Waals surface area contributed by atoms with Crippen LogP contribution < -0.4 is 15.2 Å². The lowest BCUT2D eigenvalue weighted by Crippen LogP contribution is -2.01. The second kappa shape index (κ2) is 8.05. The van der Waals surface area contributed by atoms with Crippen LogP contribution in [0.25, 0.3) is 16.9 Å². The van der Waals surface area contributed by atoms with Gasteiger partial charge < -0.3 is 19.6 Å². The molecule has 0 unspecified atom stereocenters. The third-order valence-electron chi connectivity index (χ3n) is 4.68. The average molecular weight is 373 g/mol. The van der Waals surface area contributed by atoms with Crippen molar-refractivity contribution < 1.29 is 9.47 Å². The van der Waals surface area contributed by atoms with E-state index in [4.69, 9.17) is 20.2 Å². The molecule has 5 nitrogen and oxygen atoms in total. The predicted octanol–water partition coefficient (Wildman–Crippen LogP) is 4.60. The Morgan fingerprint density at radius 3 is 2.64 bits per heavy atom. The molecule has 2 N–H and O–H groups in total. The van der Waals surface area contributed by atoms with Gasteiger partial charge in [0.2, 0.25) is 0 Å². The summed E-state index contributed by atoms with van der Waals surface area (Å²) >= 11 is 0. The predicted molar refractivity (Wildman–Crippen MR) is 112 cm³/mol. The molecule has 142 valence electrons. The molecule has 0 aliphatic heterocycles. The van der Waals surface area contributed by atoms with Crippen molar-refractivity contribution in [2.45, 2.75) is 12.8 Å². The van der Waals surface area contributed by atoms with Gasteiger partial charge in [0, 0.05) is 18.0 Å². The number of nitrogens with two attached hydrogens (primary N) is 1. The van der Waals surface area contributed by atoms with E-state index < -0.39 is 0 Å². The van der Waals surface area contributed by atoms with E-state index in [0.29, 0.717) is 18.0 Å². The van der Waals surface area contributed by atoms with Gasteiger partial charge in [-0.05, 0) is 48.7 Å². The van der Waals surface area contributed by atoms with E-state index >= 15 is 0 Å². The van der Waals surface area contributed by atoms with Gasteiger partial charge in [-0.1, -0.05) is 30.3 Å². The molecule has 0 radical (unpaired) electrons. The number of imidazole rings is 1. The number of hydrogen-bond acceptors (Lipinski definition) is 4. The Kier molecular flexibility index (Phi) is 5.15. The van der Waals surface area contributed by atoms with E-state index in [2.05, 4.69) is 24.3 Å². The lowest BCUT2D eigenvalue weighted by molar-refractivity contribution is 0.313. The maximum Gasteiger partial charge on any atom is 0.180 e. The highest BCUT2D eigenvalue weighted by Gasteiger charge is 2.10. The number of methoxy groups -OCH3 is 1. The minimum absolute atomic E-state index is 0.592. The van der Waals surface area contributed by atoms with Gasteiger partial charge in [0.25, 0.3) is 0 Å². The Bertz CT molecular complexity index is 1070. The highest BCUT2D eigenvalue weighted by molar-refractivity contribution is 5.71. The normalized spacial score (nSPS) is 10.9. The molecule has 0 fully saturated rings. The van der Waals surface area contributed by atoms with Gasteiger partial charge in [-0.25, -0.2) is 4.98 Å². The summed E-state index contributed by atoms with van der Waals surface area (Å²) in [6, 6.07) is 20.1. The highest BCUT2D eigenvalue weighted by Crippen LogP contribution is 2.29. The molecule has 0 saturated heterocycles. The van der Waals surface area contributed by atoms with Crippen molar-refractivity contribution in [3.63, 3.8) is 0 Å². The Labute approximate surface area is 164 Å². The molecule has 0 aliphatic rings. The van der Waals surface area contributed by atoms with E-state index in [1.165, 1.54) is 5.56 Å². The second-order valence-corrected chi connectivity index (χ2v) is 6.62. The van der Waals surface area contributed by atoms with Crippen LogP contribution in [-0.4, -0.2) is 23.1 Å². The number of nitrogen functional groups attached to an aromatic ring is 1. The number of nitrogens with zero attached hydrogens (tertiary/aromatic N) is 2. The molecule has 2 heterocycles. The highest BCUT2D eigenvalue weighted by atomic mass is 16.5. The van der Waals surface area contributed by atoms with Gasteiger partial charge in [0.15, 0.2) is 11.4 Å². The summed E-state index contributed by atoms with van der Waals surface area (Å²) in [4.78, 5) is 4.76. The number of fused-ring (bicyclic) bond motifs is 1. The van der Waals surface area contributed by atoms with Crippen molar-refractivity contribution in [1.82, 2.24) is 9.38 Å². The third kappa shape index (κ3) is 3.78. The molecule has 0 aliphatic carbocycles. The van der Waals surface area contributed by atoms with Crippen LogP contribution in [0.4, 0.5) is 5.69 Å². The number of anilines is 1. The summed E-state index contributed by atoms with van der Waals surface area (Å²) in [5.41, 5.74) is 10.5. The molecule has 4 rings (SSSR count). The largest absolute Gasteiger partial charge is 0.495 e. The van der Waals surface area contributed by atoms with Gasteiger partial charge in [-0.15, -0.1) is 0 Å². The van der Waals surface area contributed by atoms with E-state index in [1.807, 2.05) is 53.2 Å². The van der Waals surface area contributed by atoms with Crippen LogP contribution in [0, 0.1) is 0 Å². The first kappa shape index (κ1) is 17.9. The molecule has 0 amide bonds. The van der Waals surface area contributed by atoms with Crippen LogP contribution in [0.15, 0.2) is 73.1 Å². The monoisotopic (exact) mass is 373 g/mol. The van der Waals surface area contributed by atoms with Gasteiger partial charge in [0.05, 0.1) is 25.1 Å². The smallest absolute Gasteiger partial charge is 0.180 e. The van der Waals surface area contributed by atoms with Crippen molar-refractivity contribution >= 4 is 11.3 Å². The molecule has 2 aromatic carbocycles. The molecule has 0 saturated carbocycles. The van der Waals surface area contributed by atoms with Gasteiger partial charge in [0.1, 0.15) is 5.75 Å². The Morgan fingerprint density at radius 1 is 1.00 bits per heavy atom.